The molecule has 214 valence electrons. The standard InChI is InChI=1S/C30H38BrFN6O2/c1-19-15-26(38-13-11-37(12-14-38)21-7-5-6-8-21)27(40-4)17-25(19)35-29-33-18-23(31)28(36-29)34-24-10-9-20(32)16-22(24)30(2,3)39/h9-10,15-18,21,39H,5-8,11-14H2,1-4H3,(H2,33,34,35,36). The first-order valence-electron chi connectivity index (χ1n) is 13.9. The zero-order valence-electron chi connectivity index (χ0n) is 23.6. The van der Waals surface area contributed by atoms with Gasteiger partial charge < -0.3 is 25.4 Å². The molecule has 1 saturated carbocycles. The van der Waals surface area contributed by atoms with E-state index in [1.165, 1.54) is 37.8 Å². The summed E-state index contributed by atoms with van der Waals surface area (Å²) in [6, 6.07) is 9.18. The summed E-state index contributed by atoms with van der Waals surface area (Å²) < 4.78 is 20.4. The first-order valence-corrected chi connectivity index (χ1v) is 14.7. The van der Waals surface area contributed by atoms with Crippen LogP contribution in [0.1, 0.15) is 50.7 Å². The molecule has 1 saturated heterocycles. The summed E-state index contributed by atoms with van der Waals surface area (Å²) in [5, 5.41) is 17.1. The van der Waals surface area contributed by atoms with Crippen molar-refractivity contribution in [2.75, 3.05) is 48.8 Å². The second-order valence-corrected chi connectivity index (χ2v) is 12.0. The molecule has 0 unspecified atom stereocenters. The minimum atomic E-state index is -1.25. The number of nitrogens with one attached hydrogen (secondary N) is 2. The Bertz CT molecular complexity index is 1350. The van der Waals surface area contributed by atoms with Crippen molar-refractivity contribution in [1.82, 2.24) is 14.9 Å². The van der Waals surface area contributed by atoms with E-state index in [2.05, 4.69) is 59.3 Å². The molecule has 2 aromatic carbocycles. The highest BCUT2D eigenvalue weighted by molar-refractivity contribution is 9.10. The Labute approximate surface area is 244 Å². The van der Waals surface area contributed by atoms with E-state index in [1.54, 1.807) is 33.2 Å². The fourth-order valence-corrected chi connectivity index (χ4v) is 6.00. The van der Waals surface area contributed by atoms with Gasteiger partial charge in [0.25, 0.3) is 0 Å². The van der Waals surface area contributed by atoms with Crippen LogP contribution in [0, 0.1) is 12.7 Å². The van der Waals surface area contributed by atoms with Gasteiger partial charge in [-0.2, -0.15) is 4.98 Å². The first kappa shape index (κ1) is 28.6. The van der Waals surface area contributed by atoms with Crippen molar-refractivity contribution >= 4 is 44.8 Å². The maximum absolute atomic E-state index is 13.9. The molecule has 1 aliphatic carbocycles. The van der Waals surface area contributed by atoms with E-state index in [0.29, 0.717) is 27.5 Å². The molecular formula is C30H38BrFN6O2. The van der Waals surface area contributed by atoms with Crippen molar-refractivity contribution in [2.45, 2.75) is 58.1 Å². The molecule has 0 atom stereocenters. The van der Waals surface area contributed by atoms with Crippen molar-refractivity contribution in [1.29, 1.82) is 0 Å². The van der Waals surface area contributed by atoms with E-state index < -0.39 is 11.4 Å². The zero-order valence-corrected chi connectivity index (χ0v) is 25.2. The van der Waals surface area contributed by atoms with E-state index >= 15 is 0 Å². The molecule has 2 aliphatic rings. The largest absolute Gasteiger partial charge is 0.495 e. The number of halogens is 2. The van der Waals surface area contributed by atoms with Crippen LogP contribution in [0.15, 0.2) is 41.0 Å². The maximum atomic E-state index is 13.9. The van der Waals surface area contributed by atoms with Crippen molar-refractivity contribution in [3.63, 3.8) is 0 Å². The van der Waals surface area contributed by atoms with Gasteiger partial charge in [0.1, 0.15) is 17.4 Å². The van der Waals surface area contributed by atoms with Gasteiger partial charge in [0.2, 0.25) is 5.95 Å². The van der Waals surface area contributed by atoms with Crippen molar-refractivity contribution in [3.8, 4) is 5.75 Å². The van der Waals surface area contributed by atoms with Gasteiger partial charge in [0, 0.05) is 61.4 Å². The molecule has 5 rings (SSSR count). The maximum Gasteiger partial charge on any atom is 0.229 e. The number of piperazine rings is 1. The highest BCUT2D eigenvalue weighted by atomic mass is 79.9. The van der Waals surface area contributed by atoms with Crippen LogP contribution in [0.2, 0.25) is 0 Å². The molecule has 3 N–H and O–H groups in total. The number of aliphatic hydroxyl groups is 1. The molecule has 0 radical (unpaired) electrons. The molecule has 0 amide bonds. The molecule has 2 fully saturated rings. The van der Waals surface area contributed by atoms with Crippen LogP contribution in [-0.2, 0) is 5.60 Å². The third-order valence-corrected chi connectivity index (χ3v) is 8.49. The van der Waals surface area contributed by atoms with Crippen LogP contribution >= 0.6 is 15.9 Å². The average molecular weight is 614 g/mol. The Kier molecular flexibility index (Phi) is 8.49. The minimum Gasteiger partial charge on any atom is -0.495 e. The van der Waals surface area contributed by atoms with Crippen LogP contribution in [-0.4, -0.2) is 59.3 Å². The Morgan fingerprint density at radius 1 is 1.05 bits per heavy atom. The normalized spacial score (nSPS) is 16.8. The second-order valence-electron chi connectivity index (χ2n) is 11.2. The SMILES string of the molecule is COc1cc(Nc2ncc(Br)c(Nc3ccc(F)cc3C(C)(C)O)n2)c(C)cc1N1CCN(C2CCCC2)CC1. The van der Waals surface area contributed by atoms with Crippen LogP contribution in [0.5, 0.6) is 5.75 Å². The predicted molar refractivity (Wildman–Crippen MR) is 162 cm³/mol. The summed E-state index contributed by atoms with van der Waals surface area (Å²) in [5.41, 5.74) is 2.73. The summed E-state index contributed by atoms with van der Waals surface area (Å²) in [4.78, 5) is 14.2. The van der Waals surface area contributed by atoms with Crippen LogP contribution < -0.4 is 20.3 Å². The Hall–Kier alpha value is -2.95. The molecule has 3 aromatic rings. The van der Waals surface area contributed by atoms with Gasteiger partial charge >= 0.3 is 0 Å². The molecular weight excluding hydrogens is 575 g/mol. The van der Waals surface area contributed by atoms with Gasteiger partial charge in [-0.15, -0.1) is 0 Å². The van der Waals surface area contributed by atoms with Crippen molar-refractivity contribution in [3.05, 3.63) is 57.9 Å². The van der Waals surface area contributed by atoms with E-state index in [1.807, 2.05) is 6.07 Å². The molecule has 0 bridgehead atoms. The quantitative estimate of drug-likeness (QED) is 0.267. The number of nitrogens with zero attached hydrogens (tertiary/aromatic N) is 4. The summed E-state index contributed by atoms with van der Waals surface area (Å²) >= 11 is 3.50. The lowest BCUT2D eigenvalue weighted by atomic mass is 9.96. The Balaban J connectivity index is 1.34. The number of methoxy groups -OCH3 is 1. The van der Waals surface area contributed by atoms with Crippen molar-refractivity contribution < 1.29 is 14.2 Å². The lowest BCUT2D eigenvalue weighted by Crippen LogP contribution is -2.49. The van der Waals surface area contributed by atoms with E-state index in [-0.39, 0.29) is 0 Å². The summed E-state index contributed by atoms with van der Waals surface area (Å²) in [6.07, 6.45) is 7.04. The lowest BCUT2D eigenvalue weighted by molar-refractivity contribution is 0.0790. The number of hydrogen-bond donors (Lipinski definition) is 3. The third kappa shape index (κ3) is 6.34. The number of anilines is 5. The molecule has 40 heavy (non-hydrogen) atoms. The molecule has 8 nitrogen and oxygen atoms in total. The highest BCUT2D eigenvalue weighted by Crippen LogP contribution is 2.37. The van der Waals surface area contributed by atoms with Gasteiger partial charge in [0.05, 0.1) is 22.9 Å². The fraction of sp³-hybridized carbons (Fsp3) is 0.467. The number of aryl methyl sites for hydroxylation is 1. The summed E-state index contributed by atoms with van der Waals surface area (Å²) in [6.45, 7) is 9.43. The molecule has 10 heteroatoms. The number of aromatic nitrogens is 2. The minimum absolute atomic E-state index is 0.390. The Morgan fingerprint density at radius 3 is 2.45 bits per heavy atom. The number of benzene rings is 2. The third-order valence-electron chi connectivity index (χ3n) is 7.91. The molecule has 2 heterocycles. The number of hydrogen-bond acceptors (Lipinski definition) is 8. The topological polar surface area (TPSA) is 85.8 Å². The molecule has 1 aromatic heterocycles. The highest BCUT2D eigenvalue weighted by Gasteiger charge is 2.27. The van der Waals surface area contributed by atoms with Gasteiger partial charge in [-0.05, 0) is 79.4 Å². The average Bonchev–Trinajstić information content (AvgIpc) is 3.47. The van der Waals surface area contributed by atoms with Crippen LogP contribution in [0.25, 0.3) is 0 Å². The number of rotatable bonds is 8. The molecule has 1 aliphatic heterocycles. The number of ether oxygens (including phenoxy) is 1. The first-order chi connectivity index (χ1) is 19.1. The monoisotopic (exact) mass is 612 g/mol. The molecule has 0 spiro atoms. The predicted octanol–water partition coefficient (Wildman–Crippen LogP) is 6.47. The smallest absolute Gasteiger partial charge is 0.229 e. The Morgan fingerprint density at radius 2 is 1.77 bits per heavy atom. The van der Waals surface area contributed by atoms with Crippen LogP contribution in [0.4, 0.5) is 33.2 Å². The van der Waals surface area contributed by atoms with Gasteiger partial charge in [-0.25, -0.2) is 9.37 Å². The van der Waals surface area contributed by atoms with Crippen molar-refractivity contribution in [2.24, 2.45) is 0 Å². The zero-order chi connectivity index (χ0) is 28.4. The second kappa shape index (κ2) is 11.9. The van der Waals surface area contributed by atoms with Crippen LogP contribution in [0.3, 0.4) is 0 Å². The summed E-state index contributed by atoms with van der Waals surface area (Å²) in [5.74, 6) is 1.26. The fourth-order valence-electron chi connectivity index (χ4n) is 5.71. The van der Waals surface area contributed by atoms with Gasteiger partial charge in [-0.3, -0.25) is 4.90 Å². The van der Waals surface area contributed by atoms with E-state index in [9.17, 15) is 9.50 Å². The van der Waals surface area contributed by atoms with E-state index in [0.717, 1.165) is 54.9 Å². The van der Waals surface area contributed by atoms with Gasteiger partial charge in [-0.1, -0.05) is 12.8 Å². The van der Waals surface area contributed by atoms with Gasteiger partial charge in [0.15, 0.2) is 0 Å². The lowest BCUT2D eigenvalue weighted by Gasteiger charge is -2.39. The summed E-state index contributed by atoms with van der Waals surface area (Å²) in [7, 11) is 1.70. The van der Waals surface area contributed by atoms with E-state index in [4.69, 9.17) is 4.74 Å².